The molecule has 0 atom stereocenters. The molecule has 86 valence electrons. The third kappa shape index (κ3) is 4.80. The van der Waals surface area contributed by atoms with Crippen LogP contribution in [0, 0.1) is 0 Å². The van der Waals surface area contributed by atoms with Gasteiger partial charge in [-0.15, -0.1) is 0 Å². The van der Waals surface area contributed by atoms with Gasteiger partial charge in [0.25, 0.3) is 0 Å². The first-order valence-electron chi connectivity index (χ1n) is 3.13. The van der Waals surface area contributed by atoms with Crippen LogP contribution in [0.5, 0.6) is 0 Å². The molecule has 0 amide bonds. The van der Waals surface area contributed by atoms with Crippen molar-refractivity contribution < 1.29 is 51.9 Å². The van der Waals surface area contributed by atoms with Crippen LogP contribution in [-0.2, 0) is 31.5 Å². The zero-order chi connectivity index (χ0) is 10.6. The molecule has 0 unspecified atom stereocenters. The molecule has 0 aromatic carbocycles. The quantitative estimate of drug-likeness (QED) is 0.475. The van der Waals surface area contributed by atoms with Gasteiger partial charge in [0.2, 0.25) is 0 Å². The van der Waals surface area contributed by atoms with Gasteiger partial charge < -0.3 is 30.0 Å². The molecule has 7 nitrogen and oxygen atoms in total. The SMILES string of the molecule is O=C([O-])CC(O)(CC(=O)[O-])C(=O)O.[CuH]. The Morgan fingerprint density at radius 2 is 1.36 bits per heavy atom. The molecule has 8 heteroatoms. The third-order valence-electron chi connectivity index (χ3n) is 1.27. The van der Waals surface area contributed by atoms with E-state index in [4.69, 9.17) is 10.2 Å². The Hall–Kier alpha value is -1.11. The molecule has 0 spiro atoms. The second-order valence-corrected chi connectivity index (χ2v) is 2.43. The van der Waals surface area contributed by atoms with Gasteiger partial charge in [0, 0.05) is 24.8 Å². The van der Waals surface area contributed by atoms with E-state index in [1.54, 1.807) is 0 Å². The van der Waals surface area contributed by atoms with Crippen LogP contribution in [0.2, 0.25) is 0 Å². The first-order chi connectivity index (χ1) is 5.78. The molecule has 0 saturated heterocycles. The van der Waals surface area contributed by atoms with E-state index >= 15 is 0 Å². The van der Waals surface area contributed by atoms with E-state index in [0.717, 1.165) is 0 Å². The van der Waals surface area contributed by atoms with E-state index in [-0.39, 0.29) is 17.1 Å². The maximum absolute atomic E-state index is 10.3. The Labute approximate surface area is 88.8 Å². The number of rotatable bonds is 5. The zero-order valence-electron chi connectivity index (χ0n) is 6.67. The summed E-state index contributed by atoms with van der Waals surface area (Å²) in [7, 11) is 0. The van der Waals surface area contributed by atoms with Crippen LogP contribution < -0.4 is 10.2 Å². The number of aliphatic hydroxyl groups is 1. The van der Waals surface area contributed by atoms with Crippen molar-refractivity contribution in [3.05, 3.63) is 0 Å². The van der Waals surface area contributed by atoms with Crippen molar-refractivity contribution in [2.24, 2.45) is 0 Å². The minimum atomic E-state index is -2.86. The Morgan fingerprint density at radius 3 is 1.50 bits per heavy atom. The summed E-state index contributed by atoms with van der Waals surface area (Å²) in [4.78, 5) is 30.2. The van der Waals surface area contributed by atoms with Crippen LogP contribution >= 0.6 is 0 Å². The van der Waals surface area contributed by atoms with Gasteiger partial charge in [0.15, 0.2) is 5.60 Å². The monoisotopic (exact) mass is 254 g/mol. The molecule has 0 aliphatic rings. The standard InChI is InChI=1S/C6H8O7.Cu.H/c7-3(8)1-6(13,5(11)12)2-4(9)10;;/h13H,1-2H2,(H,7,8)(H,9,10)(H,11,12);;/p-2. The maximum atomic E-state index is 10.3. The molecular formula is C6H7CuO7-2. The minimum absolute atomic E-state index is 0. The van der Waals surface area contributed by atoms with E-state index in [0.29, 0.717) is 0 Å². The van der Waals surface area contributed by atoms with Crippen LogP contribution in [0.25, 0.3) is 0 Å². The summed E-state index contributed by atoms with van der Waals surface area (Å²) >= 11 is 0. The average molecular weight is 255 g/mol. The summed E-state index contributed by atoms with van der Waals surface area (Å²) < 4.78 is 0. The molecule has 0 aromatic heterocycles. The van der Waals surface area contributed by atoms with Crippen molar-refractivity contribution in [1.29, 1.82) is 0 Å². The number of carboxylic acids is 3. The fourth-order valence-electron chi connectivity index (χ4n) is 0.691. The normalized spacial score (nSPS) is 10.1. The predicted molar refractivity (Wildman–Crippen MR) is 33.2 cm³/mol. The summed E-state index contributed by atoms with van der Waals surface area (Å²) in [5.41, 5.74) is -2.86. The molecule has 14 heavy (non-hydrogen) atoms. The van der Waals surface area contributed by atoms with Crippen molar-refractivity contribution in [3.63, 3.8) is 0 Å². The number of carboxylic acid groups (broad SMARTS) is 3. The summed E-state index contributed by atoms with van der Waals surface area (Å²) in [5, 5.41) is 37.2. The molecule has 0 rings (SSSR count). The Bertz CT molecular complexity index is 233. The molecule has 0 aromatic rings. The Morgan fingerprint density at radius 1 is 1.07 bits per heavy atom. The molecule has 0 fully saturated rings. The third-order valence-corrected chi connectivity index (χ3v) is 1.27. The average Bonchev–Trinajstić information content (AvgIpc) is 1.82. The van der Waals surface area contributed by atoms with Gasteiger partial charge in [-0.2, -0.15) is 0 Å². The molecule has 2 N–H and O–H groups in total. The van der Waals surface area contributed by atoms with Crippen LogP contribution in [0.3, 0.4) is 0 Å². The number of carbonyl (C=O) groups is 3. The zero-order valence-corrected chi connectivity index (χ0v) is 7.65. The van der Waals surface area contributed by atoms with E-state index < -0.39 is 36.4 Å². The fraction of sp³-hybridized carbons (Fsp3) is 0.500. The first-order valence-corrected chi connectivity index (χ1v) is 3.13. The molecule has 0 bridgehead atoms. The molecule has 1 radical (unpaired) electrons. The van der Waals surface area contributed by atoms with E-state index in [1.807, 2.05) is 0 Å². The van der Waals surface area contributed by atoms with Gasteiger partial charge in [-0.25, -0.2) is 4.79 Å². The van der Waals surface area contributed by atoms with Crippen molar-refractivity contribution in [2.45, 2.75) is 18.4 Å². The van der Waals surface area contributed by atoms with Crippen molar-refractivity contribution in [1.82, 2.24) is 0 Å². The van der Waals surface area contributed by atoms with Crippen LogP contribution in [-0.4, -0.2) is 33.7 Å². The summed E-state index contributed by atoms with van der Waals surface area (Å²) in [6, 6.07) is 0. The number of hydrogen-bond donors (Lipinski definition) is 2. The van der Waals surface area contributed by atoms with E-state index in [2.05, 4.69) is 0 Å². The summed E-state index contributed by atoms with van der Waals surface area (Å²) in [6.07, 6.45) is -2.59. The number of aliphatic carboxylic acids is 3. The van der Waals surface area contributed by atoms with E-state index in [1.165, 1.54) is 0 Å². The fourth-order valence-corrected chi connectivity index (χ4v) is 0.691. The molecular weight excluding hydrogens is 248 g/mol. The van der Waals surface area contributed by atoms with Crippen molar-refractivity contribution >= 4 is 17.9 Å². The van der Waals surface area contributed by atoms with Crippen molar-refractivity contribution in [2.75, 3.05) is 0 Å². The van der Waals surface area contributed by atoms with Gasteiger partial charge in [-0.1, -0.05) is 0 Å². The second kappa shape index (κ2) is 5.58. The van der Waals surface area contributed by atoms with Gasteiger partial charge in [0.1, 0.15) is 0 Å². The molecule has 0 aliphatic carbocycles. The van der Waals surface area contributed by atoms with Crippen LogP contribution in [0.4, 0.5) is 0 Å². The van der Waals surface area contributed by atoms with Gasteiger partial charge in [0.05, 0.1) is 0 Å². The number of hydrogen-bond acceptors (Lipinski definition) is 6. The van der Waals surface area contributed by atoms with Crippen LogP contribution in [0.15, 0.2) is 0 Å². The van der Waals surface area contributed by atoms with Gasteiger partial charge in [-0.05, 0) is 0 Å². The molecule has 0 heterocycles. The summed E-state index contributed by atoms with van der Waals surface area (Å²) in [6.45, 7) is 0. The topological polar surface area (TPSA) is 138 Å². The van der Waals surface area contributed by atoms with Crippen LogP contribution in [0.1, 0.15) is 12.8 Å². The predicted octanol–water partition coefficient (Wildman–Crippen LogP) is -4.19. The molecule has 0 saturated carbocycles. The van der Waals surface area contributed by atoms with Gasteiger partial charge in [-0.3, -0.25) is 0 Å². The van der Waals surface area contributed by atoms with Crippen molar-refractivity contribution in [3.8, 4) is 0 Å². The first kappa shape index (κ1) is 15.4. The Kier molecular flexibility index (Phi) is 6.13. The Balaban J connectivity index is 0. The number of carbonyl (C=O) groups excluding carboxylic acids is 2. The summed E-state index contributed by atoms with van der Waals surface area (Å²) in [5.74, 6) is -5.65. The molecule has 0 aliphatic heterocycles. The second-order valence-electron chi connectivity index (χ2n) is 2.43. The van der Waals surface area contributed by atoms with E-state index in [9.17, 15) is 24.6 Å². The van der Waals surface area contributed by atoms with Gasteiger partial charge >= 0.3 is 23.0 Å².